The third-order valence-corrected chi connectivity index (χ3v) is 5.95. The normalized spacial score (nSPS) is 33.7. The number of benzene rings is 1. The minimum absolute atomic E-state index is 0.754. The molecule has 2 saturated carbocycles. The van der Waals surface area contributed by atoms with Crippen LogP contribution in [-0.4, -0.2) is 12.6 Å². The Labute approximate surface area is 131 Å². The van der Waals surface area contributed by atoms with E-state index in [1.807, 2.05) is 0 Å². The van der Waals surface area contributed by atoms with Crippen molar-refractivity contribution >= 4 is 15.9 Å². The second-order valence-electron chi connectivity index (χ2n) is 6.93. The molecule has 0 bridgehead atoms. The molecule has 2 fully saturated rings. The van der Waals surface area contributed by atoms with Gasteiger partial charge in [-0.3, -0.25) is 0 Å². The molecule has 2 aliphatic rings. The lowest BCUT2D eigenvalue weighted by Crippen LogP contribution is -2.42. The first-order valence-corrected chi connectivity index (χ1v) is 8.99. The van der Waals surface area contributed by atoms with E-state index in [1.54, 1.807) is 0 Å². The summed E-state index contributed by atoms with van der Waals surface area (Å²) in [5.74, 6) is 2.64. The van der Waals surface area contributed by atoms with Crippen molar-refractivity contribution in [3.8, 4) is 0 Å². The van der Waals surface area contributed by atoms with E-state index in [9.17, 15) is 0 Å². The van der Waals surface area contributed by atoms with E-state index in [0.717, 1.165) is 23.8 Å². The summed E-state index contributed by atoms with van der Waals surface area (Å²) < 4.78 is 1.28. The van der Waals surface area contributed by atoms with Crippen molar-refractivity contribution in [1.82, 2.24) is 5.32 Å². The third kappa shape index (κ3) is 3.46. The van der Waals surface area contributed by atoms with Crippen LogP contribution < -0.4 is 5.32 Å². The topological polar surface area (TPSA) is 12.0 Å². The Morgan fingerprint density at radius 1 is 1.15 bits per heavy atom. The van der Waals surface area contributed by atoms with Crippen molar-refractivity contribution in [2.45, 2.75) is 57.4 Å². The van der Waals surface area contributed by atoms with E-state index in [4.69, 9.17) is 0 Å². The van der Waals surface area contributed by atoms with E-state index >= 15 is 0 Å². The van der Waals surface area contributed by atoms with Gasteiger partial charge in [0.15, 0.2) is 0 Å². The van der Waals surface area contributed by atoms with Gasteiger partial charge >= 0.3 is 0 Å². The number of halogens is 1. The highest BCUT2D eigenvalue weighted by molar-refractivity contribution is 9.10. The van der Waals surface area contributed by atoms with Gasteiger partial charge in [0.1, 0.15) is 0 Å². The summed E-state index contributed by atoms with van der Waals surface area (Å²) in [5.41, 5.74) is 1.50. The molecule has 2 heteroatoms. The molecule has 0 spiro atoms. The van der Waals surface area contributed by atoms with Gasteiger partial charge in [-0.25, -0.2) is 0 Å². The zero-order chi connectivity index (χ0) is 13.9. The Bertz CT molecular complexity index is 439. The molecule has 110 valence electrons. The molecule has 0 heterocycles. The largest absolute Gasteiger partial charge is 0.314 e. The lowest BCUT2D eigenvalue weighted by Gasteiger charge is -2.38. The molecule has 0 aromatic heterocycles. The summed E-state index contributed by atoms with van der Waals surface area (Å²) in [7, 11) is 0. The predicted molar refractivity (Wildman–Crippen MR) is 89.0 cm³/mol. The van der Waals surface area contributed by atoms with Crippen LogP contribution in [0.1, 0.15) is 56.9 Å². The molecule has 0 aliphatic heterocycles. The van der Waals surface area contributed by atoms with Gasteiger partial charge in [-0.15, -0.1) is 0 Å². The number of rotatable bonds is 4. The van der Waals surface area contributed by atoms with Crippen LogP contribution in [0.4, 0.5) is 0 Å². The average Bonchev–Trinajstić information content (AvgIpc) is 2.39. The molecule has 0 amide bonds. The van der Waals surface area contributed by atoms with Crippen LogP contribution in [0.2, 0.25) is 0 Å². The summed E-state index contributed by atoms with van der Waals surface area (Å²) in [5, 5.41) is 3.81. The number of hydrogen-bond acceptors (Lipinski definition) is 1. The highest BCUT2D eigenvalue weighted by atomic mass is 79.9. The molecule has 2 atom stereocenters. The first-order valence-electron chi connectivity index (χ1n) is 8.20. The van der Waals surface area contributed by atoms with Gasteiger partial charge in [0.25, 0.3) is 0 Å². The minimum Gasteiger partial charge on any atom is -0.314 e. The fraction of sp³-hybridized carbons (Fsp3) is 0.667. The highest BCUT2D eigenvalue weighted by Crippen LogP contribution is 2.40. The van der Waals surface area contributed by atoms with Crippen LogP contribution in [0.25, 0.3) is 0 Å². The lowest BCUT2D eigenvalue weighted by atomic mass is 9.75. The Balaban J connectivity index is 1.41. The molecule has 1 N–H and O–H groups in total. The average molecular weight is 336 g/mol. The van der Waals surface area contributed by atoms with E-state index in [1.165, 1.54) is 55.1 Å². The Morgan fingerprint density at radius 3 is 2.70 bits per heavy atom. The molecule has 1 aromatic rings. The lowest BCUT2D eigenvalue weighted by molar-refractivity contribution is 0.231. The summed E-state index contributed by atoms with van der Waals surface area (Å²) in [6.45, 7) is 3.66. The third-order valence-electron chi connectivity index (χ3n) is 5.22. The number of hydrogen-bond donors (Lipinski definition) is 1. The first-order chi connectivity index (χ1) is 9.72. The fourth-order valence-corrected chi connectivity index (χ4v) is 4.53. The van der Waals surface area contributed by atoms with Crippen molar-refractivity contribution < 1.29 is 0 Å². The van der Waals surface area contributed by atoms with Crippen LogP contribution in [0, 0.1) is 11.8 Å². The van der Waals surface area contributed by atoms with Crippen molar-refractivity contribution in [1.29, 1.82) is 0 Å². The van der Waals surface area contributed by atoms with Crippen molar-refractivity contribution in [3.05, 3.63) is 34.3 Å². The second kappa shape index (κ2) is 6.62. The zero-order valence-corrected chi connectivity index (χ0v) is 14.0. The van der Waals surface area contributed by atoms with Crippen molar-refractivity contribution in [3.63, 3.8) is 0 Å². The monoisotopic (exact) mass is 335 g/mol. The molecule has 0 radical (unpaired) electrons. The second-order valence-corrected chi connectivity index (χ2v) is 7.79. The first kappa shape index (κ1) is 14.6. The SMILES string of the molecule is CC1CCCC(CNC2CC(c3ccccc3Br)C2)C1. The maximum absolute atomic E-state index is 3.81. The highest BCUT2D eigenvalue weighted by Gasteiger charge is 2.31. The standard InChI is InChI=1S/C18H26BrN/c1-13-5-4-6-14(9-13)12-20-16-10-15(11-16)17-7-2-3-8-18(17)19/h2-3,7-8,13-16,20H,4-6,9-12H2,1H3. The fourth-order valence-electron chi connectivity index (χ4n) is 3.92. The summed E-state index contributed by atoms with van der Waals surface area (Å²) in [6.07, 6.45) is 8.39. The predicted octanol–water partition coefficient (Wildman–Crippen LogP) is 5.11. The Kier molecular flexibility index (Phi) is 4.83. The Morgan fingerprint density at radius 2 is 1.95 bits per heavy atom. The van der Waals surface area contributed by atoms with E-state index < -0.39 is 0 Å². The summed E-state index contributed by atoms with van der Waals surface area (Å²) in [4.78, 5) is 0. The van der Waals surface area contributed by atoms with Crippen molar-refractivity contribution in [2.75, 3.05) is 6.54 Å². The van der Waals surface area contributed by atoms with E-state index in [0.29, 0.717) is 0 Å². The molecular weight excluding hydrogens is 310 g/mol. The molecule has 2 unspecified atom stereocenters. The zero-order valence-electron chi connectivity index (χ0n) is 12.4. The van der Waals surface area contributed by atoms with Gasteiger partial charge < -0.3 is 5.32 Å². The molecule has 0 saturated heterocycles. The summed E-state index contributed by atoms with van der Waals surface area (Å²) in [6, 6.07) is 9.45. The van der Waals surface area contributed by atoms with E-state index in [2.05, 4.69) is 52.4 Å². The van der Waals surface area contributed by atoms with Crippen LogP contribution in [-0.2, 0) is 0 Å². The quantitative estimate of drug-likeness (QED) is 0.805. The van der Waals surface area contributed by atoms with E-state index in [-0.39, 0.29) is 0 Å². The van der Waals surface area contributed by atoms with Crippen LogP contribution in [0.3, 0.4) is 0 Å². The van der Waals surface area contributed by atoms with Gasteiger partial charge in [0, 0.05) is 10.5 Å². The number of nitrogens with one attached hydrogen (secondary N) is 1. The van der Waals surface area contributed by atoms with Crippen LogP contribution in [0.5, 0.6) is 0 Å². The maximum Gasteiger partial charge on any atom is 0.0210 e. The summed E-state index contributed by atoms with van der Waals surface area (Å²) >= 11 is 3.68. The van der Waals surface area contributed by atoms with Crippen LogP contribution in [0.15, 0.2) is 28.7 Å². The van der Waals surface area contributed by atoms with Crippen molar-refractivity contribution in [2.24, 2.45) is 11.8 Å². The molecular formula is C18H26BrN. The molecule has 3 rings (SSSR count). The van der Waals surface area contributed by atoms with Gasteiger partial charge in [-0.05, 0) is 61.6 Å². The Hall–Kier alpha value is -0.340. The maximum atomic E-state index is 3.81. The smallest absolute Gasteiger partial charge is 0.0210 e. The molecule has 1 nitrogen and oxygen atoms in total. The van der Waals surface area contributed by atoms with Crippen LogP contribution >= 0.6 is 15.9 Å². The molecule has 1 aromatic carbocycles. The van der Waals surface area contributed by atoms with Gasteiger partial charge in [-0.1, -0.05) is 53.9 Å². The van der Waals surface area contributed by atoms with Gasteiger partial charge in [-0.2, -0.15) is 0 Å². The van der Waals surface area contributed by atoms with Gasteiger partial charge in [0.2, 0.25) is 0 Å². The minimum atomic E-state index is 0.754. The van der Waals surface area contributed by atoms with Gasteiger partial charge in [0.05, 0.1) is 0 Å². The molecule has 20 heavy (non-hydrogen) atoms. The molecule has 2 aliphatic carbocycles.